The zero-order valence-corrected chi connectivity index (χ0v) is 14.6. The third kappa shape index (κ3) is 4.79. The Morgan fingerprint density at radius 1 is 1.20 bits per heavy atom. The number of hydrogen-bond acceptors (Lipinski definition) is 4. The lowest BCUT2D eigenvalue weighted by Gasteiger charge is -2.21. The lowest BCUT2D eigenvalue weighted by molar-refractivity contribution is -0.385. The molecule has 0 unspecified atom stereocenters. The van der Waals surface area contributed by atoms with E-state index in [2.05, 4.69) is 19.2 Å². The second-order valence-electron chi connectivity index (χ2n) is 6.21. The van der Waals surface area contributed by atoms with Gasteiger partial charge in [0.05, 0.1) is 18.1 Å². The Balaban J connectivity index is 2.26. The summed E-state index contributed by atoms with van der Waals surface area (Å²) in [6.07, 6.45) is 0.772. The molecule has 2 aromatic carbocycles. The van der Waals surface area contributed by atoms with Crippen molar-refractivity contribution >= 4 is 11.6 Å². The highest BCUT2D eigenvalue weighted by molar-refractivity contribution is 5.95. The summed E-state index contributed by atoms with van der Waals surface area (Å²) in [6, 6.07) is 13.7. The lowest BCUT2D eigenvalue weighted by Crippen LogP contribution is -2.29. The van der Waals surface area contributed by atoms with E-state index in [4.69, 9.17) is 4.74 Å². The third-order valence-electron chi connectivity index (χ3n) is 3.85. The topological polar surface area (TPSA) is 81.5 Å². The molecule has 0 bridgehead atoms. The number of rotatable bonds is 7. The molecule has 1 N–H and O–H groups in total. The van der Waals surface area contributed by atoms with E-state index in [9.17, 15) is 14.9 Å². The molecule has 6 heteroatoms. The number of hydrogen-bond donors (Lipinski definition) is 1. The summed E-state index contributed by atoms with van der Waals surface area (Å²) in [6.45, 7) is 4.17. The molecule has 0 radical (unpaired) electrons. The summed E-state index contributed by atoms with van der Waals surface area (Å²) in [7, 11) is 1.36. The van der Waals surface area contributed by atoms with Crippen LogP contribution in [0.4, 0.5) is 5.69 Å². The quantitative estimate of drug-likeness (QED) is 0.606. The molecule has 0 saturated carbocycles. The molecule has 0 spiro atoms. The highest BCUT2D eigenvalue weighted by Crippen LogP contribution is 2.28. The summed E-state index contributed by atoms with van der Waals surface area (Å²) in [5, 5.41) is 14.1. The summed E-state index contributed by atoms with van der Waals surface area (Å²) < 4.78 is 4.97. The van der Waals surface area contributed by atoms with Crippen molar-refractivity contribution < 1.29 is 14.5 Å². The number of methoxy groups -OCH3 is 1. The van der Waals surface area contributed by atoms with Gasteiger partial charge >= 0.3 is 5.69 Å². The van der Waals surface area contributed by atoms with Crippen LogP contribution in [0.25, 0.3) is 0 Å². The van der Waals surface area contributed by atoms with Gasteiger partial charge in [0.25, 0.3) is 5.91 Å². The largest absolute Gasteiger partial charge is 0.490 e. The molecule has 1 amide bonds. The molecular formula is C19H22N2O4. The smallest absolute Gasteiger partial charge is 0.311 e. The van der Waals surface area contributed by atoms with Gasteiger partial charge in [-0.3, -0.25) is 14.9 Å². The van der Waals surface area contributed by atoms with Gasteiger partial charge in [0, 0.05) is 11.6 Å². The molecule has 25 heavy (non-hydrogen) atoms. The standard InChI is InChI=1S/C19H22N2O4/c1-13(2)11-16(14-7-5-4-6-8-14)20-19(22)15-9-10-18(25-3)17(12-15)21(23)24/h4-10,12-13,16H,11H2,1-3H3,(H,20,22)/t16-/m0/s1. The number of nitrogens with one attached hydrogen (secondary N) is 1. The highest BCUT2D eigenvalue weighted by Gasteiger charge is 2.21. The molecule has 0 aliphatic heterocycles. The van der Waals surface area contributed by atoms with Crippen LogP contribution < -0.4 is 10.1 Å². The second-order valence-corrected chi connectivity index (χ2v) is 6.21. The first-order valence-corrected chi connectivity index (χ1v) is 8.10. The number of carbonyl (C=O) groups excluding carboxylic acids is 1. The molecule has 0 aliphatic rings. The minimum atomic E-state index is -0.557. The average molecular weight is 342 g/mol. The van der Waals surface area contributed by atoms with E-state index in [-0.39, 0.29) is 28.9 Å². The number of carbonyl (C=O) groups is 1. The van der Waals surface area contributed by atoms with Crippen molar-refractivity contribution in [2.24, 2.45) is 5.92 Å². The molecule has 2 aromatic rings. The number of nitro groups is 1. The Hall–Kier alpha value is -2.89. The van der Waals surface area contributed by atoms with Gasteiger partial charge in [-0.2, -0.15) is 0 Å². The average Bonchev–Trinajstić information content (AvgIpc) is 2.60. The predicted molar refractivity (Wildman–Crippen MR) is 95.8 cm³/mol. The van der Waals surface area contributed by atoms with E-state index in [1.807, 2.05) is 30.3 Å². The van der Waals surface area contributed by atoms with Gasteiger partial charge in [-0.05, 0) is 30.0 Å². The van der Waals surface area contributed by atoms with E-state index in [0.717, 1.165) is 12.0 Å². The molecule has 0 fully saturated rings. The Morgan fingerprint density at radius 3 is 2.44 bits per heavy atom. The summed E-state index contributed by atoms with van der Waals surface area (Å²) in [5.74, 6) is 0.166. The maximum Gasteiger partial charge on any atom is 0.311 e. The van der Waals surface area contributed by atoms with Crippen molar-refractivity contribution in [3.63, 3.8) is 0 Å². The van der Waals surface area contributed by atoms with Gasteiger partial charge < -0.3 is 10.1 Å². The van der Waals surface area contributed by atoms with E-state index >= 15 is 0 Å². The van der Waals surface area contributed by atoms with Crippen LogP contribution in [0.3, 0.4) is 0 Å². The Kier molecular flexibility index (Phi) is 6.11. The van der Waals surface area contributed by atoms with Crippen LogP contribution in [-0.2, 0) is 0 Å². The number of nitro benzene ring substituents is 1. The van der Waals surface area contributed by atoms with Crippen LogP contribution in [0.5, 0.6) is 5.75 Å². The second kappa shape index (κ2) is 8.28. The van der Waals surface area contributed by atoms with Crippen molar-refractivity contribution in [2.75, 3.05) is 7.11 Å². The Labute approximate surface area is 147 Å². The maximum atomic E-state index is 12.6. The van der Waals surface area contributed by atoms with E-state index in [1.54, 1.807) is 0 Å². The van der Waals surface area contributed by atoms with Crippen LogP contribution in [0.15, 0.2) is 48.5 Å². The minimum absolute atomic E-state index is 0.128. The molecule has 0 saturated heterocycles. The first kappa shape index (κ1) is 18.4. The van der Waals surface area contributed by atoms with Crippen LogP contribution in [0.1, 0.15) is 42.2 Å². The Morgan fingerprint density at radius 2 is 1.88 bits per heavy atom. The zero-order valence-electron chi connectivity index (χ0n) is 14.6. The van der Waals surface area contributed by atoms with Crippen molar-refractivity contribution in [2.45, 2.75) is 26.3 Å². The normalized spacial score (nSPS) is 11.8. The molecule has 0 aromatic heterocycles. The monoisotopic (exact) mass is 342 g/mol. The van der Waals surface area contributed by atoms with Gasteiger partial charge in [-0.15, -0.1) is 0 Å². The van der Waals surface area contributed by atoms with Crippen LogP contribution in [0.2, 0.25) is 0 Å². The van der Waals surface area contributed by atoms with Crippen molar-refractivity contribution in [1.29, 1.82) is 0 Å². The molecule has 132 valence electrons. The van der Waals surface area contributed by atoms with Crippen molar-refractivity contribution in [1.82, 2.24) is 5.32 Å². The summed E-state index contributed by atoms with van der Waals surface area (Å²) >= 11 is 0. The minimum Gasteiger partial charge on any atom is -0.490 e. The zero-order chi connectivity index (χ0) is 18.4. The van der Waals surface area contributed by atoms with Gasteiger partial charge in [0.15, 0.2) is 5.75 Å². The SMILES string of the molecule is COc1ccc(C(=O)N[C@@H](CC(C)C)c2ccccc2)cc1[N+](=O)[O-]. The van der Waals surface area contributed by atoms with Gasteiger partial charge in [0.1, 0.15) is 0 Å². The predicted octanol–water partition coefficient (Wildman–Crippen LogP) is 4.12. The van der Waals surface area contributed by atoms with Crippen LogP contribution in [0, 0.1) is 16.0 Å². The van der Waals surface area contributed by atoms with E-state index in [1.165, 1.54) is 25.3 Å². The number of amides is 1. The molecule has 1 atom stereocenters. The highest BCUT2D eigenvalue weighted by atomic mass is 16.6. The van der Waals surface area contributed by atoms with Crippen molar-refractivity contribution in [3.8, 4) is 5.75 Å². The first-order valence-electron chi connectivity index (χ1n) is 8.10. The number of nitrogens with zero attached hydrogens (tertiary/aromatic N) is 1. The van der Waals surface area contributed by atoms with Crippen LogP contribution in [-0.4, -0.2) is 17.9 Å². The molecule has 6 nitrogen and oxygen atoms in total. The molecule has 0 heterocycles. The fourth-order valence-corrected chi connectivity index (χ4v) is 2.65. The summed E-state index contributed by atoms with van der Waals surface area (Å²) in [5.41, 5.74) is 1.01. The third-order valence-corrected chi connectivity index (χ3v) is 3.85. The van der Waals surface area contributed by atoms with Gasteiger partial charge in [-0.25, -0.2) is 0 Å². The maximum absolute atomic E-state index is 12.6. The molecule has 0 aliphatic carbocycles. The Bertz CT molecular complexity index is 744. The number of benzene rings is 2. The lowest BCUT2D eigenvalue weighted by atomic mass is 9.96. The molecule has 2 rings (SSSR count). The van der Waals surface area contributed by atoms with Gasteiger partial charge in [-0.1, -0.05) is 44.2 Å². The van der Waals surface area contributed by atoms with Crippen LogP contribution >= 0.6 is 0 Å². The van der Waals surface area contributed by atoms with E-state index in [0.29, 0.717) is 5.92 Å². The number of ether oxygens (including phenoxy) is 1. The first-order chi connectivity index (χ1) is 11.9. The van der Waals surface area contributed by atoms with Gasteiger partial charge in [0.2, 0.25) is 0 Å². The fourth-order valence-electron chi connectivity index (χ4n) is 2.65. The fraction of sp³-hybridized carbons (Fsp3) is 0.316. The van der Waals surface area contributed by atoms with Crippen molar-refractivity contribution in [3.05, 3.63) is 69.8 Å². The molecular weight excluding hydrogens is 320 g/mol. The summed E-state index contributed by atoms with van der Waals surface area (Å²) in [4.78, 5) is 23.2. The van der Waals surface area contributed by atoms with E-state index < -0.39 is 4.92 Å².